The first-order valence-electron chi connectivity index (χ1n) is 8.86. The van der Waals surface area contributed by atoms with E-state index in [0.717, 1.165) is 16.5 Å². The number of nitrogens with zero attached hydrogens (tertiary/aromatic N) is 3. The second-order valence-corrected chi connectivity index (χ2v) is 9.42. The maximum Gasteiger partial charge on any atom is 0.264 e. The van der Waals surface area contributed by atoms with Crippen LogP contribution in [0.5, 0.6) is 0 Å². The van der Waals surface area contributed by atoms with Gasteiger partial charge in [0.25, 0.3) is 5.91 Å². The minimum absolute atomic E-state index is 0.0796. The number of aromatic nitrogens is 2. The van der Waals surface area contributed by atoms with Gasteiger partial charge in [-0.25, -0.2) is 0 Å². The molecule has 0 saturated carbocycles. The number of hydrogen-bond acceptors (Lipinski definition) is 7. The molecule has 0 aliphatic carbocycles. The molecule has 1 saturated heterocycles. The minimum Gasteiger partial charge on any atom is -0.326 e. The molecular formula is C19H18N4O2S3. The van der Waals surface area contributed by atoms with E-state index in [9.17, 15) is 9.59 Å². The van der Waals surface area contributed by atoms with E-state index in [1.807, 2.05) is 29.6 Å². The van der Waals surface area contributed by atoms with E-state index in [1.165, 1.54) is 28.2 Å². The van der Waals surface area contributed by atoms with Crippen molar-refractivity contribution in [2.45, 2.75) is 29.0 Å². The summed E-state index contributed by atoms with van der Waals surface area (Å²) in [4.78, 5) is 27.7. The van der Waals surface area contributed by atoms with Crippen LogP contribution in [-0.2, 0) is 10.5 Å². The van der Waals surface area contributed by atoms with Gasteiger partial charge in [-0.1, -0.05) is 59.5 Å². The van der Waals surface area contributed by atoms with Crippen molar-refractivity contribution in [2.24, 2.45) is 0 Å². The molecule has 1 N–H and O–H groups in total. The Labute approximate surface area is 175 Å². The van der Waals surface area contributed by atoms with Crippen molar-refractivity contribution < 1.29 is 9.59 Å². The molecule has 1 aliphatic rings. The molecule has 6 nitrogen and oxygen atoms in total. The second-order valence-electron chi connectivity index (χ2n) is 6.27. The lowest BCUT2D eigenvalue weighted by Crippen LogP contribution is -2.42. The van der Waals surface area contributed by atoms with E-state index in [2.05, 4.69) is 27.6 Å². The molecule has 144 valence electrons. The number of likely N-dealkylation sites (tertiary alicyclic amines) is 1. The molecule has 3 aromatic rings. The fourth-order valence-electron chi connectivity index (χ4n) is 3.05. The number of amides is 2. The Morgan fingerprint density at radius 1 is 1.18 bits per heavy atom. The maximum atomic E-state index is 12.7. The highest BCUT2D eigenvalue weighted by Gasteiger charge is 2.35. The van der Waals surface area contributed by atoms with Gasteiger partial charge in [-0.15, -0.1) is 21.5 Å². The van der Waals surface area contributed by atoms with Crippen molar-refractivity contribution in [3.63, 3.8) is 0 Å². The first-order chi connectivity index (χ1) is 13.7. The number of anilines is 1. The minimum atomic E-state index is -0.459. The van der Waals surface area contributed by atoms with E-state index in [0.29, 0.717) is 23.0 Å². The molecule has 3 heterocycles. The second kappa shape index (κ2) is 8.85. The Balaban J connectivity index is 1.35. The van der Waals surface area contributed by atoms with Gasteiger partial charge in [0, 0.05) is 12.3 Å². The Hall–Kier alpha value is -2.23. The zero-order chi connectivity index (χ0) is 19.3. The molecular weight excluding hydrogens is 412 g/mol. The van der Waals surface area contributed by atoms with E-state index in [4.69, 9.17) is 0 Å². The smallest absolute Gasteiger partial charge is 0.264 e. The van der Waals surface area contributed by atoms with Crippen LogP contribution in [0.25, 0.3) is 0 Å². The summed E-state index contributed by atoms with van der Waals surface area (Å²) in [6.45, 7) is 0.600. The molecule has 0 radical (unpaired) electrons. The predicted molar refractivity (Wildman–Crippen MR) is 113 cm³/mol. The molecule has 0 bridgehead atoms. The highest BCUT2D eigenvalue weighted by molar-refractivity contribution is 8.00. The highest BCUT2D eigenvalue weighted by Crippen LogP contribution is 2.29. The number of benzene rings is 1. The fourth-order valence-corrected chi connectivity index (χ4v) is 5.44. The van der Waals surface area contributed by atoms with Crippen molar-refractivity contribution in [3.8, 4) is 0 Å². The molecule has 1 fully saturated rings. The van der Waals surface area contributed by atoms with Crippen LogP contribution in [0.15, 0.2) is 52.2 Å². The zero-order valence-electron chi connectivity index (χ0n) is 14.9. The summed E-state index contributed by atoms with van der Waals surface area (Å²) in [5.74, 6) is 0.525. The van der Waals surface area contributed by atoms with Crippen molar-refractivity contribution in [1.82, 2.24) is 15.1 Å². The molecule has 1 aliphatic heterocycles. The van der Waals surface area contributed by atoms with Crippen LogP contribution in [0.1, 0.15) is 28.1 Å². The summed E-state index contributed by atoms with van der Waals surface area (Å²) >= 11 is 4.34. The Kier molecular flexibility index (Phi) is 6.04. The first-order valence-corrected chi connectivity index (χ1v) is 11.5. The molecule has 1 unspecified atom stereocenters. The van der Waals surface area contributed by atoms with Gasteiger partial charge < -0.3 is 4.90 Å². The van der Waals surface area contributed by atoms with E-state index >= 15 is 0 Å². The third kappa shape index (κ3) is 4.43. The van der Waals surface area contributed by atoms with Crippen molar-refractivity contribution >= 4 is 51.4 Å². The third-order valence-electron chi connectivity index (χ3n) is 4.39. The van der Waals surface area contributed by atoms with Crippen LogP contribution in [0.2, 0.25) is 0 Å². The Bertz CT molecular complexity index is 943. The Morgan fingerprint density at radius 2 is 2.04 bits per heavy atom. The van der Waals surface area contributed by atoms with Crippen molar-refractivity contribution in [3.05, 3.63) is 58.3 Å². The van der Waals surface area contributed by atoms with Crippen LogP contribution < -0.4 is 5.32 Å². The van der Waals surface area contributed by atoms with Gasteiger partial charge in [0.15, 0.2) is 4.34 Å². The Morgan fingerprint density at radius 3 is 2.82 bits per heavy atom. The monoisotopic (exact) mass is 430 g/mol. The molecule has 2 amide bonds. The van der Waals surface area contributed by atoms with Crippen LogP contribution in [0, 0.1) is 0 Å². The standard InChI is InChI=1S/C19H18N4O2S3/c24-16(14-8-4-10-23(14)17(25)15-9-5-11-26-15)20-18-21-22-19(28-18)27-12-13-6-2-1-3-7-13/h1-3,5-7,9,11,14H,4,8,10,12H2,(H,20,21,24). The number of hydrogen-bond donors (Lipinski definition) is 1. The molecule has 1 atom stereocenters. The van der Waals surface area contributed by atoms with Crippen LogP contribution >= 0.6 is 34.4 Å². The molecule has 1 aromatic carbocycles. The average Bonchev–Trinajstić information content (AvgIpc) is 3.48. The highest BCUT2D eigenvalue weighted by atomic mass is 32.2. The summed E-state index contributed by atoms with van der Waals surface area (Å²) in [5, 5.41) is 13.4. The number of carbonyl (C=O) groups is 2. The SMILES string of the molecule is O=C(Nc1nnc(SCc2ccccc2)s1)C1CCCN1C(=O)c1cccs1. The van der Waals surface area contributed by atoms with Gasteiger partial charge in [-0.05, 0) is 29.9 Å². The number of nitrogens with one attached hydrogen (secondary N) is 1. The van der Waals surface area contributed by atoms with Gasteiger partial charge in [-0.3, -0.25) is 14.9 Å². The fraction of sp³-hybridized carbons (Fsp3) is 0.263. The molecule has 0 spiro atoms. The number of rotatable bonds is 6. The van der Waals surface area contributed by atoms with Gasteiger partial charge in [-0.2, -0.15) is 0 Å². The number of thioether (sulfide) groups is 1. The summed E-state index contributed by atoms with van der Waals surface area (Å²) in [5.41, 5.74) is 1.21. The van der Waals surface area contributed by atoms with Gasteiger partial charge in [0.2, 0.25) is 11.0 Å². The normalized spacial score (nSPS) is 16.3. The molecule has 9 heteroatoms. The van der Waals surface area contributed by atoms with Crippen LogP contribution in [0.3, 0.4) is 0 Å². The molecule has 4 rings (SSSR count). The zero-order valence-corrected chi connectivity index (χ0v) is 17.4. The molecule has 2 aromatic heterocycles. The average molecular weight is 431 g/mol. The number of carbonyl (C=O) groups excluding carboxylic acids is 2. The lowest BCUT2D eigenvalue weighted by molar-refractivity contribution is -0.119. The van der Waals surface area contributed by atoms with Gasteiger partial charge in [0.1, 0.15) is 6.04 Å². The maximum absolute atomic E-state index is 12.7. The van der Waals surface area contributed by atoms with E-state index < -0.39 is 6.04 Å². The van der Waals surface area contributed by atoms with Gasteiger partial charge >= 0.3 is 0 Å². The topological polar surface area (TPSA) is 75.2 Å². The lowest BCUT2D eigenvalue weighted by Gasteiger charge is -2.22. The largest absolute Gasteiger partial charge is 0.326 e. The number of thiophene rings is 1. The quantitative estimate of drug-likeness (QED) is 0.470. The molecule has 28 heavy (non-hydrogen) atoms. The van der Waals surface area contributed by atoms with Crippen LogP contribution in [-0.4, -0.2) is 39.5 Å². The third-order valence-corrected chi connectivity index (χ3v) is 7.29. The summed E-state index contributed by atoms with van der Waals surface area (Å²) < 4.78 is 0.803. The summed E-state index contributed by atoms with van der Waals surface area (Å²) in [7, 11) is 0. The van der Waals surface area contributed by atoms with Crippen molar-refractivity contribution in [1.29, 1.82) is 0 Å². The van der Waals surface area contributed by atoms with E-state index in [-0.39, 0.29) is 11.8 Å². The van der Waals surface area contributed by atoms with E-state index in [1.54, 1.807) is 22.7 Å². The van der Waals surface area contributed by atoms with Crippen molar-refractivity contribution in [2.75, 3.05) is 11.9 Å². The van der Waals surface area contributed by atoms with Gasteiger partial charge in [0.05, 0.1) is 4.88 Å². The predicted octanol–water partition coefficient (Wildman–Crippen LogP) is 4.14. The first kappa shape index (κ1) is 19.1. The van der Waals surface area contributed by atoms with Crippen LogP contribution in [0.4, 0.5) is 5.13 Å². The lowest BCUT2D eigenvalue weighted by atomic mass is 10.2. The summed E-state index contributed by atoms with van der Waals surface area (Å²) in [6.07, 6.45) is 1.49. The summed E-state index contributed by atoms with van der Waals surface area (Å²) in [6, 6.07) is 13.3.